The van der Waals surface area contributed by atoms with Crippen LogP contribution in [0.1, 0.15) is 34.1 Å². The Morgan fingerprint density at radius 2 is 1.78 bits per heavy atom. The molecule has 6 nitrogen and oxygen atoms in total. The third-order valence-corrected chi connectivity index (χ3v) is 6.54. The van der Waals surface area contributed by atoms with Crippen LogP contribution in [0, 0.1) is 0 Å². The topological polar surface area (TPSA) is 88.3 Å². The molecule has 1 aliphatic rings. The van der Waals surface area contributed by atoms with E-state index in [1.54, 1.807) is 23.1 Å². The first-order chi connectivity index (χ1) is 17.5. The summed E-state index contributed by atoms with van der Waals surface area (Å²) in [6.45, 7) is 2.73. The minimum Gasteiger partial charge on any atom is -0.384 e. The number of anilines is 3. The summed E-state index contributed by atoms with van der Waals surface area (Å²) in [6, 6.07) is 27.0. The van der Waals surface area contributed by atoms with Gasteiger partial charge in [-0.2, -0.15) is 0 Å². The number of carbonyl (C=O) groups excluding carboxylic acids is 2. The highest BCUT2D eigenvalue weighted by Crippen LogP contribution is 2.32. The van der Waals surface area contributed by atoms with Crippen molar-refractivity contribution in [1.82, 2.24) is 4.98 Å². The number of benzene rings is 3. The lowest BCUT2D eigenvalue weighted by molar-refractivity contribution is -0.117. The molecule has 0 spiro atoms. The fourth-order valence-electron chi connectivity index (χ4n) is 4.64. The second-order valence-corrected chi connectivity index (χ2v) is 8.92. The molecule has 36 heavy (non-hydrogen) atoms. The molecule has 0 saturated carbocycles. The van der Waals surface area contributed by atoms with Gasteiger partial charge in [0.1, 0.15) is 5.82 Å². The summed E-state index contributed by atoms with van der Waals surface area (Å²) >= 11 is 0. The molecule has 5 rings (SSSR count). The van der Waals surface area contributed by atoms with Gasteiger partial charge in [0, 0.05) is 23.5 Å². The van der Waals surface area contributed by atoms with E-state index in [0.717, 1.165) is 35.2 Å². The summed E-state index contributed by atoms with van der Waals surface area (Å²) in [5.41, 5.74) is 12.8. The van der Waals surface area contributed by atoms with Crippen molar-refractivity contribution in [3.8, 4) is 11.1 Å². The molecule has 3 N–H and O–H groups in total. The molecule has 0 atom stereocenters. The van der Waals surface area contributed by atoms with Crippen LogP contribution in [0.15, 0.2) is 84.9 Å². The Labute approximate surface area is 210 Å². The van der Waals surface area contributed by atoms with Crippen LogP contribution in [0.25, 0.3) is 11.1 Å². The molecule has 4 aromatic rings. The maximum absolute atomic E-state index is 13.2. The molecule has 0 saturated heterocycles. The Hall–Kier alpha value is -4.45. The van der Waals surface area contributed by atoms with E-state index in [2.05, 4.69) is 41.5 Å². The van der Waals surface area contributed by atoms with Gasteiger partial charge in [0.05, 0.1) is 12.1 Å². The van der Waals surface area contributed by atoms with Gasteiger partial charge in [0.25, 0.3) is 5.91 Å². The van der Waals surface area contributed by atoms with Crippen molar-refractivity contribution in [2.45, 2.75) is 26.2 Å². The number of hydrogen-bond donors (Lipinski definition) is 2. The normalized spacial score (nSPS) is 12.3. The fraction of sp³-hybridized carbons (Fsp3) is 0.167. The Bertz CT molecular complexity index is 1430. The second-order valence-electron chi connectivity index (χ2n) is 8.92. The van der Waals surface area contributed by atoms with Crippen LogP contribution in [0.4, 0.5) is 17.2 Å². The molecule has 6 heteroatoms. The molecule has 180 valence electrons. The smallest absolute Gasteiger partial charge is 0.256 e. The Morgan fingerprint density at radius 3 is 2.56 bits per heavy atom. The minimum atomic E-state index is -0.163. The second kappa shape index (κ2) is 10.0. The quantitative estimate of drug-likeness (QED) is 0.396. The van der Waals surface area contributed by atoms with Crippen molar-refractivity contribution < 1.29 is 9.59 Å². The number of nitrogens with zero attached hydrogens (tertiary/aromatic N) is 2. The summed E-state index contributed by atoms with van der Waals surface area (Å²) in [5.74, 6) is 0.220. The Kier molecular flexibility index (Phi) is 6.50. The summed E-state index contributed by atoms with van der Waals surface area (Å²) in [7, 11) is 0. The van der Waals surface area contributed by atoms with Crippen LogP contribution >= 0.6 is 0 Å². The van der Waals surface area contributed by atoms with Gasteiger partial charge in [-0.3, -0.25) is 9.59 Å². The number of carbonyl (C=O) groups is 2. The van der Waals surface area contributed by atoms with Gasteiger partial charge in [-0.1, -0.05) is 55.5 Å². The lowest BCUT2D eigenvalue weighted by atomic mass is 9.97. The Balaban J connectivity index is 1.32. The van der Waals surface area contributed by atoms with Gasteiger partial charge >= 0.3 is 0 Å². The maximum Gasteiger partial charge on any atom is 0.256 e. The summed E-state index contributed by atoms with van der Waals surface area (Å²) in [4.78, 5) is 32.2. The molecule has 0 aliphatic carbocycles. The van der Waals surface area contributed by atoms with Gasteiger partial charge in [-0.05, 0) is 71.5 Å². The maximum atomic E-state index is 13.2. The first-order valence-corrected chi connectivity index (χ1v) is 12.2. The van der Waals surface area contributed by atoms with Crippen molar-refractivity contribution in [2.24, 2.45) is 0 Å². The molecule has 2 heterocycles. The van der Waals surface area contributed by atoms with Crippen LogP contribution in [0.2, 0.25) is 0 Å². The number of rotatable bonds is 6. The number of nitrogen functional groups attached to an aromatic ring is 1. The van der Waals surface area contributed by atoms with E-state index in [1.165, 1.54) is 5.56 Å². The van der Waals surface area contributed by atoms with Crippen LogP contribution in [-0.4, -0.2) is 23.3 Å². The predicted molar refractivity (Wildman–Crippen MR) is 144 cm³/mol. The lowest BCUT2D eigenvalue weighted by Gasteiger charge is -2.18. The van der Waals surface area contributed by atoms with Crippen LogP contribution in [-0.2, 0) is 24.1 Å². The molecular formula is C30H28N4O2. The van der Waals surface area contributed by atoms with Crippen molar-refractivity contribution >= 4 is 29.0 Å². The highest BCUT2D eigenvalue weighted by Gasteiger charge is 2.25. The van der Waals surface area contributed by atoms with E-state index >= 15 is 0 Å². The number of fused-ring (bicyclic) bond motifs is 1. The first kappa shape index (κ1) is 23.3. The minimum absolute atomic E-state index is 0.0216. The van der Waals surface area contributed by atoms with E-state index in [4.69, 9.17) is 5.73 Å². The highest BCUT2D eigenvalue weighted by atomic mass is 16.2. The lowest BCUT2D eigenvalue weighted by Crippen LogP contribution is -2.30. The number of aryl methyl sites for hydroxylation is 1. The van der Waals surface area contributed by atoms with Gasteiger partial charge in [0.15, 0.2) is 0 Å². The van der Waals surface area contributed by atoms with Crippen molar-refractivity contribution in [3.05, 3.63) is 107 Å². The number of amides is 2. The molecule has 1 aromatic heterocycles. The first-order valence-electron chi connectivity index (χ1n) is 12.2. The molecule has 2 amide bonds. The SMILES string of the molecule is CCc1ccc(-c2ccccc2C(=O)Nc2ccc3c(c2)CCN3C(=O)Cc2cccc(N)n2)cc1. The summed E-state index contributed by atoms with van der Waals surface area (Å²) in [5, 5.41) is 3.04. The van der Waals surface area contributed by atoms with Crippen molar-refractivity contribution in [2.75, 3.05) is 22.5 Å². The molecular weight excluding hydrogens is 448 g/mol. The molecule has 3 aromatic carbocycles. The molecule has 0 fully saturated rings. The number of aromatic nitrogens is 1. The molecule has 1 aliphatic heterocycles. The van der Waals surface area contributed by atoms with E-state index in [1.807, 2.05) is 42.5 Å². The van der Waals surface area contributed by atoms with E-state index in [0.29, 0.717) is 29.3 Å². The van der Waals surface area contributed by atoms with Gasteiger partial charge in [-0.25, -0.2) is 4.98 Å². The zero-order chi connectivity index (χ0) is 25.1. The van der Waals surface area contributed by atoms with Crippen molar-refractivity contribution in [1.29, 1.82) is 0 Å². The number of hydrogen-bond acceptors (Lipinski definition) is 4. The largest absolute Gasteiger partial charge is 0.384 e. The Morgan fingerprint density at radius 1 is 0.972 bits per heavy atom. The number of nitrogens with two attached hydrogens (primary N) is 1. The molecule has 0 unspecified atom stereocenters. The van der Waals surface area contributed by atoms with Gasteiger partial charge < -0.3 is 16.0 Å². The fourth-order valence-corrected chi connectivity index (χ4v) is 4.64. The standard InChI is InChI=1S/C30H28N4O2/c1-2-20-10-12-21(13-11-20)25-7-3-4-8-26(25)30(36)33-24-14-15-27-22(18-24)16-17-34(27)29(35)19-23-6-5-9-28(31)32-23/h3-15,18H,2,16-17,19H2,1H3,(H2,31,32)(H,33,36). The van der Waals surface area contributed by atoms with Crippen LogP contribution in [0.3, 0.4) is 0 Å². The summed E-state index contributed by atoms with van der Waals surface area (Å²) < 4.78 is 0. The molecule has 0 radical (unpaired) electrons. The van der Waals surface area contributed by atoms with Crippen molar-refractivity contribution in [3.63, 3.8) is 0 Å². The third kappa shape index (κ3) is 4.84. The van der Waals surface area contributed by atoms with Gasteiger partial charge in [0.2, 0.25) is 5.91 Å². The third-order valence-electron chi connectivity index (χ3n) is 6.54. The monoisotopic (exact) mass is 476 g/mol. The van der Waals surface area contributed by atoms with Crippen LogP contribution < -0.4 is 16.0 Å². The highest BCUT2D eigenvalue weighted by molar-refractivity contribution is 6.09. The zero-order valence-electron chi connectivity index (χ0n) is 20.2. The van der Waals surface area contributed by atoms with E-state index in [9.17, 15) is 9.59 Å². The molecule has 0 bridgehead atoms. The van der Waals surface area contributed by atoms with E-state index < -0.39 is 0 Å². The number of pyridine rings is 1. The van der Waals surface area contributed by atoms with Gasteiger partial charge in [-0.15, -0.1) is 0 Å². The average Bonchev–Trinajstić information content (AvgIpc) is 3.32. The average molecular weight is 477 g/mol. The van der Waals surface area contributed by atoms with Crippen LogP contribution in [0.5, 0.6) is 0 Å². The summed E-state index contributed by atoms with van der Waals surface area (Å²) in [6.07, 6.45) is 1.90. The zero-order valence-corrected chi connectivity index (χ0v) is 20.2. The number of nitrogens with one attached hydrogen (secondary N) is 1. The van der Waals surface area contributed by atoms with E-state index in [-0.39, 0.29) is 18.2 Å². The predicted octanol–water partition coefficient (Wildman–Crippen LogP) is 5.28.